The first-order valence-electron chi connectivity index (χ1n) is 4.60. The molecule has 0 saturated carbocycles. The maximum atomic E-state index is 12.8. The SMILES string of the molecule is Cc1cscc1C(Br)c1ccc(F)cc1. The van der Waals surface area contributed by atoms with Crippen molar-refractivity contribution in [3.05, 3.63) is 57.5 Å². The van der Waals surface area contributed by atoms with Gasteiger partial charge in [-0.05, 0) is 46.5 Å². The highest BCUT2D eigenvalue weighted by Gasteiger charge is 2.13. The van der Waals surface area contributed by atoms with E-state index in [0.29, 0.717) is 0 Å². The van der Waals surface area contributed by atoms with Gasteiger partial charge in [-0.25, -0.2) is 4.39 Å². The summed E-state index contributed by atoms with van der Waals surface area (Å²) in [5.74, 6) is -0.194. The van der Waals surface area contributed by atoms with Gasteiger partial charge in [0.05, 0.1) is 4.83 Å². The lowest BCUT2D eigenvalue weighted by molar-refractivity contribution is 0.627. The Hall–Kier alpha value is -0.670. The van der Waals surface area contributed by atoms with E-state index in [9.17, 15) is 4.39 Å². The molecule has 0 aliphatic rings. The first-order valence-corrected chi connectivity index (χ1v) is 6.46. The zero-order valence-corrected chi connectivity index (χ0v) is 10.6. The van der Waals surface area contributed by atoms with Crippen LogP contribution in [0.2, 0.25) is 0 Å². The topological polar surface area (TPSA) is 0 Å². The monoisotopic (exact) mass is 284 g/mol. The second kappa shape index (κ2) is 4.45. The third-order valence-corrected chi connectivity index (χ3v) is 4.23. The van der Waals surface area contributed by atoms with Gasteiger partial charge in [0, 0.05) is 0 Å². The molecule has 0 bridgehead atoms. The first kappa shape index (κ1) is 10.8. The summed E-state index contributed by atoms with van der Waals surface area (Å²) in [6.45, 7) is 2.09. The molecular formula is C12H10BrFS. The highest BCUT2D eigenvalue weighted by Crippen LogP contribution is 2.34. The Morgan fingerprint density at radius 1 is 1.20 bits per heavy atom. The molecule has 0 aliphatic carbocycles. The van der Waals surface area contributed by atoms with Crippen molar-refractivity contribution in [1.29, 1.82) is 0 Å². The molecule has 0 spiro atoms. The average Bonchev–Trinajstić information content (AvgIpc) is 2.65. The van der Waals surface area contributed by atoms with Crippen LogP contribution in [0.3, 0.4) is 0 Å². The summed E-state index contributed by atoms with van der Waals surface area (Å²) in [5.41, 5.74) is 3.61. The molecule has 0 saturated heterocycles. The maximum absolute atomic E-state index is 12.8. The maximum Gasteiger partial charge on any atom is 0.123 e. The van der Waals surface area contributed by atoms with Gasteiger partial charge >= 0.3 is 0 Å². The molecule has 1 unspecified atom stereocenters. The number of thiophene rings is 1. The van der Waals surface area contributed by atoms with Gasteiger partial charge in [-0.15, -0.1) is 0 Å². The predicted molar refractivity (Wildman–Crippen MR) is 66.2 cm³/mol. The van der Waals surface area contributed by atoms with Crippen molar-refractivity contribution < 1.29 is 4.39 Å². The number of aryl methyl sites for hydroxylation is 1. The first-order chi connectivity index (χ1) is 7.18. The summed E-state index contributed by atoms with van der Waals surface area (Å²) in [4.78, 5) is 0.157. The molecule has 15 heavy (non-hydrogen) atoms. The molecule has 0 fully saturated rings. The van der Waals surface area contributed by atoms with E-state index in [2.05, 4.69) is 33.6 Å². The van der Waals surface area contributed by atoms with Gasteiger partial charge in [0.25, 0.3) is 0 Å². The smallest absolute Gasteiger partial charge is 0.123 e. The van der Waals surface area contributed by atoms with Crippen molar-refractivity contribution in [3.63, 3.8) is 0 Å². The number of alkyl halides is 1. The molecule has 0 amide bonds. The molecule has 1 atom stereocenters. The second-order valence-corrected chi connectivity index (χ2v) is 5.08. The summed E-state index contributed by atoms with van der Waals surface area (Å²) >= 11 is 5.32. The van der Waals surface area contributed by atoms with E-state index in [-0.39, 0.29) is 10.6 Å². The van der Waals surface area contributed by atoms with Gasteiger partial charge in [0.1, 0.15) is 5.82 Å². The van der Waals surface area contributed by atoms with Crippen LogP contribution in [-0.4, -0.2) is 0 Å². The highest BCUT2D eigenvalue weighted by molar-refractivity contribution is 9.09. The lowest BCUT2D eigenvalue weighted by atomic mass is 10.0. The lowest BCUT2D eigenvalue weighted by Gasteiger charge is -2.09. The molecule has 2 aromatic rings. The number of hydrogen-bond acceptors (Lipinski definition) is 1. The summed E-state index contributed by atoms with van der Waals surface area (Å²) in [6.07, 6.45) is 0. The molecule has 1 heterocycles. The van der Waals surface area contributed by atoms with Crippen LogP contribution in [0.4, 0.5) is 4.39 Å². The Morgan fingerprint density at radius 3 is 2.40 bits per heavy atom. The summed E-state index contributed by atoms with van der Waals surface area (Å²) in [5, 5.41) is 4.24. The molecule has 0 aliphatic heterocycles. The van der Waals surface area contributed by atoms with Crippen molar-refractivity contribution in [2.24, 2.45) is 0 Å². The fourth-order valence-electron chi connectivity index (χ4n) is 1.44. The number of benzene rings is 1. The van der Waals surface area contributed by atoms with E-state index in [4.69, 9.17) is 0 Å². The normalized spacial score (nSPS) is 12.7. The molecule has 2 rings (SSSR count). The minimum atomic E-state index is -0.194. The number of halogens is 2. The van der Waals surface area contributed by atoms with Gasteiger partial charge in [0.2, 0.25) is 0 Å². The van der Waals surface area contributed by atoms with Crippen molar-refractivity contribution in [2.75, 3.05) is 0 Å². The van der Waals surface area contributed by atoms with E-state index in [1.807, 2.05) is 12.1 Å². The Morgan fingerprint density at radius 2 is 1.87 bits per heavy atom. The third kappa shape index (κ3) is 2.29. The molecule has 3 heteroatoms. The van der Waals surface area contributed by atoms with E-state index >= 15 is 0 Å². The van der Waals surface area contributed by atoms with Gasteiger partial charge in [0.15, 0.2) is 0 Å². The van der Waals surface area contributed by atoms with Crippen LogP contribution < -0.4 is 0 Å². The van der Waals surface area contributed by atoms with Crippen LogP contribution >= 0.6 is 27.3 Å². The number of hydrogen-bond donors (Lipinski definition) is 0. The summed E-state index contributed by atoms with van der Waals surface area (Å²) in [6, 6.07) is 6.61. The minimum Gasteiger partial charge on any atom is -0.207 e. The van der Waals surface area contributed by atoms with Crippen LogP contribution in [0.1, 0.15) is 21.5 Å². The van der Waals surface area contributed by atoms with Crippen molar-refractivity contribution in [2.45, 2.75) is 11.8 Å². The van der Waals surface area contributed by atoms with Crippen molar-refractivity contribution in [3.8, 4) is 0 Å². The Bertz CT molecular complexity index is 447. The Labute approximate surface area is 101 Å². The molecule has 0 radical (unpaired) electrons. The molecular weight excluding hydrogens is 275 g/mol. The van der Waals surface area contributed by atoms with Crippen LogP contribution in [-0.2, 0) is 0 Å². The van der Waals surface area contributed by atoms with Crippen molar-refractivity contribution >= 4 is 27.3 Å². The third-order valence-electron chi connectivity index (χ3n) is 2.33. The highest BCUT2D eigenvalue weighted by atomic mass is 79.9. The Balaban J connectivity index is 2.32. The van der Waals surface area contributed by atoms with Crippen LogP contribution in [0.25, 0.3) is 0 Å². The predicted octanol–water partition coefficient (Wildman–Crippen LogP) is 4.68. The molecule has 1 aromatic carbocycles. The minimum absolute atomic E-state index is 0.157. The zero-order chi connectivity index (χ0) is 10.8. The van der Waals surface area contributed by atoms with Gasteiger partial charge < -0.3 is 0 Å². The largest absolute Gasteiger partial charge is 0.207 e. The van der Waals surface area contributed by atoms with Crippen LogP contribution in [0.5, 0.6) is 0 Å². The fraction of sp³-hybridized carbons (Fsp3) is 0.167. The number of rotatable bonds is 2. The standard InChI is InChI=1S/C12H10BrFS/c1-8-6-15-7-11(8)12(13)9-2-4-10(14)5-3-9/h2-7,12H,1H3. The second-order valence-electron chi connectivity index (χ2n) is 3.42. The lowest BCUT2D eigenvalue weighted by Crippen LogP contribution is -1.92. The fourth-order valence-corrected chi connectivity index (χ4v) is 3.29. The summed E-state index contributed by atoms with van der Waals surface area (Å²) < 4.78 is 12.8. The van der Waals surface area contributed by atoms with E-state index < -0.39 is 0 Å². The van der Waals surface area contributed by atoms with E-state index in [1.165, 1.54) is 23.3 Å². The average molecular weight is 285 g/mol. The quantitative estimate of drug-likeness (QED) is 0.703. The Kier molecular flexibility index (Phi) is 3.22. The molecule has 78 valence electrons. The van der Waals surface area contributed by atoms with Gasteiger partial charge in [-0.3, -0.25) is 0 Å². The molecule has 0 N–H and O–H groups in total. The van der Waals surface area contributed by atoms with Gasteiger partial charge in [-0.2, -0.15) is 11.3 Å². The zero-order valence-electron chi connectivity index (χ0n) is 8.21. The van der Waals surface area contributed by atoms with E-state index in [0.717, 1.165) is 5.56 Å². The molecule has 1 aromatic heterocycles. The van der Waals surface area contributed by atoms with Crippen LogP contribution in [0.15, 0.2) is 35.0 Å². The van der Waals surface area contributed by atoms with Crippen LogP contribution in [0, 0.1) is 12.7 Å². The van der Waals surface area contributed by atoms with E-state index in [1.54, 1.807) is 11.3 Å². The molecule has 0 nitrogen and oxygen atoms in total. The van der Waals surface area contributed by atoms with Crippen molar-refractivity contribution in [1.82, 2.24) is 0 Å². The van der Waals surface area contributed by atoms with Gasteiger partial charge in [-0.1, -0.05) is 28.1 Å². The summed E-state index contributed by atoms with van der Waals surface area (Å²) in [7, 11) is 0.